The fourth-order valence-corrected chi connectivity index (χ4v) is 0.871. The van der Waals surface area contributed by atoms with E-state index in [4.69, 9.17) is 5.73 Å². The molecule has 0 aliphatic rings. The number of aryl methyl sites for hydroxylation is 1. The fraction of sp³-hybridized carbons (Fsp3) is 0.222. The van der Waals surface area contributed by atoms with E-state index in [0.29, 0.717) is 0 Å². The molecule has 0 aliphatic heterocycles. The molecule has 0 aliphatic carbocycles. The van der Waals surface area contributed by atoms with Crippen molar-refractivity contribution in [3.8, 4) is 0 Å². The Bertz CT molecular complexity index is 255. The van der Waals surface area contributed by atoms with Gasteiger partial charge in [0, 0.05) is 5.69 Å². The van der Waals surface area contributed by atoms with Crippen LogP contribution in [0.25, 0.3) is 0 Å². The van der Waals surface area contributed by atoms with E-state index < -0.39 is 0 Å². The van der Waals surface area contributed by atoms with E-state index >= 15 is 0 Å². The lowest BCUT2D eigenvalue weighted by atomic mass is 10.2. The molecule has 1 rings (SSSR count). The van der Waals surface area contributed by atoms with Crippen molar-refractivity contribution in [3.63, 3.8) is 0 Å². The Hall–Kier alpha value is -1.15. The number of rotatable bonds is 2. The maximum Gasteiger partial charge on any atom is 0.0653 e. The highest BCUT2D eigenvalue weighted by molar-refractivity contribution is 5.16. The number of hydrogen-bond donors (Lipinski definition) is 1. The highest BCUT2D eigenvalue weighted by atomic mass is 14.8. The predicted molar refractivity (Wildman–Crippen MR) is 46.1 cm³/mol. The average molecular weight is 148 g/mol. The molecule has 1 heterocycles. The summed E-state index contributed by atoms with van der Waals surface area (Å²) in [6, 6.07) is 5.65. The maximum absolute atomic E-state index is 5.68. The first-order valence-electron chi connectivity index (χ1n) is 3.55. The third-order valence-corrected chi connectivity index (χ3v) is 1.51. The Morgan fingerprint density at radius 2 is 2.36 bits per heavy atom. The van der Waals surface area contributed by atoms with E-state index in [-0.39, 0.29) is 6.04 Å². The van der Waals surface area contributed by atoms with Gasteiger partial charge in [-0.3, -0.25) is 4.98 Å². The van der Waals surface area contributed by atoms with Gasteiger partial charge in [-0.15, -0.1) is 6.58 Å². The summed E-state index contributed by atoms with van der Waals surface area (Å²) < 4.78 is 0. The molecule has 0 amide bonds. The topological polar surface area (TPSA) is 38.9 Å². The summed E-state index contributed by atoms with van der Waals surface area (Å²) in [5.74, 6) is 0. The molecule has 1 aromatic heterocycles. The van der Waals surface area contributed by atoms with Gasteiger partial charge >= 0.3 is 0 Å². The van der Waals surface area contributed by atoms with Crippen molar-refractivity contribution >= 4 is 0 Å². The highest BCUT2D eigenvalue weighted by Gasteiger charge is 2.00. The molecule has 1 aromatic rings. The van der Waals surface area contributed by atoms with E-state index in [1.165, 1.54) is 0 Å². The largest absolute Gasteiger partial charge is 0.319 e. The second kappa shape index (κ2) is 3.30. The summed E-state index contributed by atoms with van der Waals surface area (Å²) in [6.07, 6.45) is 1.68. The van der Waals surface area contributed by atoms with Gasteiger partial charge in [0.2, 0.25) is 0 Å². The summed E-state index contributed by atoms with van der Waals surface area (Å²) in [5.41, 5.74) is 7.54. The SMILES string of the molecule is C=C[C@@H](N)c1cccc(C)n1. The van der Waals surface area contributed by atoms with Crippen LogP contribution in [0.2, 0.25) is 0 Å². The van der Waals surface area contributed by atoms with Crippen LogP contribution < -0.4 is 5.73 Å². The van der Waals surface area contributed by atoms with Crippen molar-refractivity contribution in [1.29, 1.82) is 0 Å². The Morgan fingerprint density at radius 3 is 2.91 bits per heavy atom. The zero-order valence-corrected chi connectivity index (χ0v) is 6.62. The van der Waals surface area contributed by atoms with Crippen LogP contribution in [0.5, 0.6) is 0 Å². The quantitative estimate of drug-likeness (QED) is 0.646. The lowest BCUT2D eigenvalue weighted by Crippen LogP contribution is -2.08. The van der Waals surface area contributed by atoms with E-state index in [0.717, 1.165) is 11.4 Å². The third-order valence-electron chi connectivity index (χ3n) is 1.51. The number of hydrogen-bond acceptors (Lipinski definition) is 2. The Morgan fingerprint density at radius 1 is 1.64 bits per heavy atom. The lowest BCUT2D eigenvalue weighted by molar-refractivity contribution is 0.855. The molecular formula is C9H12N2. The second-order valence-electron chi connectivity index (χ2n) is 2.47. The molecule has 0 bridgehead atoms. The van der Waals surface area contributed by atoms with E-state index in [1.54, 1.807) is 6.08 Å². The number of nitrogens with two attached hydrogens (primary N) is 1. The van der Waals surface area contributed by atoms with Crippen LogP contribution in [0, 0.1) is 6.92 Å². The molecular weight excluding hydrogens is 136 g/mol. The number of aromatic nitrogens is 1. The number of nitrogens with zero attached hydrogens (tertiary/aromatic N) is 1. The van der Waals surface area contributed by atoms with Crippen LogP contribution in [0.3, 0.4) is 0 Å². The molecule has 0 spiro atoms. The van der Waals surface area contributed by atoms with Gasteiger partial charge in [0.05, 0.1) is 11.7 Å². The standard InChI is InChI=1S/C9H12N2/c1-3-8(10)9-6-4-5-7(2)11-9/h3-6,8H,1,10H2,2H3/t8-/m1/s1. The van der Waals surface area contributed by atoms with Crippen molar-refractivity contribution in [2.24, 2.45) is 5.73 Å². The smallest absolute Gasteiger partial charge is 0.0653 e. The molecule has 0 unspecified atom stereocenters. The van der Waals surface area contributed by atoms with Gasteiger partial charge < -0.3 is 5.73 Å². The zero-order chi connectivity index (χ0) is 8.27. The third kappa shape index (κ3) is 1.88. The number of pyridine rings is 1. The van der Waals surface area contributed by atoms with Gasteiger partial charge in [-0.2, -0.15) is 0 Å². The Kier molecular flexibility index (Phi) is 2.39. The summed E-state index contributed by atoms with van der Waals surface area (Å²) in [4.78, 5) is 4.25. The summed E-state index contributed by atoms with van der Waals surface area (Å²) in [5, 5.41) is 0. The van der Waals surface area contributed by atoms with Gasteiger partial charge in [0.15, 0.2) is 0 Å². The molecule has 0 fully saturated rings. The highest BCUT2D eigenvalue weighted by Crippen LogP contribution is 2.07. The summed E-state index contributed by atoms with van der Waals surface area (Å²) in [7, 11) is 0. The maximum atomic E-state index is 5.68. The van der Waals surface area contributed by atoms with Crippen molar-refractivity contribution < 1.29 is 0 Å². The van der Waals surface area contributed by atoms with Gasteiger partial charge in [0.1, 0.15) is 0 Å². The molecule has 1 atom stereocenters. The predicted octanol–water partition coefficient (Wildman–Crippen LogP) is 1.58. The average Bonchev–Trinajstić information content (AvgIpc) is 2.03. The molecule has 0 radical (unpaired) electrons. The van der Waals surface area contributed by atoms with Crippen LogP contribution >= 0.6 is 0 Å². The normalized spacial score (nSPS) is 12.5. The molecule has 0 saturated heterocycles. The van der Waals surface area contributed by atoms with Gasteiger partial charge in [-0.1, -0.05) is 12.1 Å². The van der Waals surface area contributed by atoms with Crippen LogP contribution in [-0.4, -0.2) is 4.98 Å². The van der Waals surface area contributed by atoms with Crippen molar-refractivity contribution in [2.45, 2.75) is 13.0 Å². The molecule has 2 nitrogen and oxygen atoms in total. The minimum atomic E-state index is -0.144. The second-order valence-corrected chi connectivity index (χ2v) is 2.47. The summed E-state index contributed by atoms with van der Waals surface area (Å²) >= 11 is 0. The van der Waals surface area contributed by atoms with Gasteiger partial charge in [0.25, 0.3) is 0 Å². The van der Waals surface area contributed by atoms with Crippen molar-refractivity contribution in [1.82, 2.24) is 4.98 Å². The van der Waals surface area contributed by atoms with Crippen LogP contribution in [0.4, 0.5) is 0 Å². The Balaban J connectivity index is 2.95. The molecule has 0 aromatic carbocycles. The minimum absolute atomic E-state index is 0.144. The van der Waals surface area contributed by atoms with Crippen LogP contribution in [0.15, 0.2) is 30.9 Å². The zero-order valence-electron chi connectivity index (χ0n) is 6.62. The van der Waals surface area contributed by atoms with Crippen molar-refractivity contribution in [2.75, 3.05) is 0 Å². The monoisotopic (exact) mass is 148 g/mol. The van der Waals surface area contributed by atoms with E-state index in [1.807, 2.05) is 25.1 Å². The van der Waals surface area contributed by atoms with Crippen LogP contribution in [0.1, 0.15) is 17.4 Å². The van der Waals surface area contributed by atoms with Gasteiger partial charge in [-0.05, 0) is 19.1 Å². The van der Waals surface area contributed by atoms with E-state index in [9.17, 15) is 0 Å². The Labute approximate surface area is 66.8 Å². The molecule has 2 heteroatoms. The molecule has 2 N–H and O–H groups in total. The van der Waals surface area contributed by atoms with E-state index in [2.05, 4.69) is 11.6 Å². The first-order chi connectivity index (χ1) is 5.24. The molecule has 11 heavy (non-hydrogen) atoms. The molecule has 0 saturated carbocycles. The van der Waals surface area contributed by atoms with Gasteiger partial charge in [-0.25, -0.2) is 0 Å². The molecule has 58 valence electrons. The first-order valence-corrected chi connectivity index (χ1v) is 3.55. The minimum Gasteiger partial charge on any atom is -0.319 e. The first kappa shape index (κ1) is 7.95. The van der Waals surface area contributed by atoms with Crippen LogP contribution in [-0.2, 0) is 0 Å². The fourth-order valence-electron chi connectivity index (χ4n) is 0.871. The summed E-state index contributed by atoms with van der Waals surface area (Å²) in [6.45, 7) is 5.55. The van der Waals surface area contributed by atoms with Crippen molar-refractivity contribution in [3.05, 3.63) is 42.2 Å². The lowest BCUT2D eigenvalue weighted by Gasteiger charge is -2.04.